The molecule has 3 N–H and O–H groups in total. The van der Waals surface area contributed by atoms with Crippen LogP contribution in [-0.4, -0.2) is 4.99 Å². The second-order valence-corrected chi connectivity index (χ2v) is 3.63. The molecule has 0 aliphatic rings. The zero-order chi connectivity index (χ0) is 12.0. The lowest BCUT2D eigenvalue weighted by Crippen LogP contribution is -2.11. The summed E-state index contributed by atoms with van der Waals surface area (Å²) in [6, 6.07) is 9.83. The van der Waals surface area contributed by atoms with Crippen LogP contribution in [-0.2, 0) is 6.42 Å². The molecular formula is C12H13N3S. The molecule has 0 saturated carbocycles. The predicted molar refractivity (Wildman–Crippen MR) is 69.9 cm³/mol. The molecule has 16 heavy (non-hydrogen) atoms. The molecular weight excluding hydrogens is 218 g/mol. The van der Waals surface area contributed by atoms with Crippen molar-refractivity contribution >= 4 is 22.9 Å². The van der Waals surface area contributed by atoms with E-state index in [0.29, 0.717) is 0 Å². The molecule has 0 unspecified atom stereocenters. The van der Waals surface area contributed by atoms with E-state index in [1.807, 2.05) is 30.3 Å². The van der Waals surface area contributed by atoms with Crippen molar-refractivity contribution in [3.05, 3.63) is 41.6 Å². The fourth-order valence-electron chi connectivity index (χ4n) is 1.28. The fourth-order valence-corrected chi connectivity index (χ4v) is 1.38. The van der Waals surface area contributed by atoms with Crippen molar-refractivity contribution < 1.29 is 0 Å². The zero-order valence-corrected chi connectivity index (χ0v) is 9.84. The zero-order valence-electron chi connectivity index (χ0n) is 9.03. The molecule has 1 rings (SSSR count). The summed E-state index contributed by atoms with van der Waals surface area (Å²) in [5, 5.41) is 11.8. The quantitative estimate of drug-likeness (QED) is 0.474. The lowest BCUT2D eigenvalue weighted by atomic mass is 10.1. The second-order valence-electron chi connectivity index (χ2n) is 3.19. The molecule has 0 amide bonds. The Morgan fingerprint density at radius 3 is 2.81 bits per heavy atom. The minimum absolute atomic E-state index is 0.101. The lowest BCUT2D eigenvalue weighted by molar-refractivity contribution is 1.14. The van der Waals surface area contributed by atoms with Gasteiger partial charge in [0.2, 0.25) is 0 Å². The lowest BCUT2D eigenvalue weighted by Gasteiger charge is -2.07. The predicted octanol–water partition coefficient (Wildman–Crippen LogP) is 2.35. The van der Waals surface area contributed by atoms with E-state index >= 15 is 0 Å². The van der Waals surface area contributed by atoms with Crippen molar-refractivity contribution in [2.24, 2.45) is 5.73 Å². The van der Waals surface area contributed by atoms with Crippen LogP contribution in [0.5, 0.6) is 0 Å². The molecule has 4 heteroatoms. The van der Waals surface area contributed by atoms with Crippen molar-refractivity contribution in [3.8, 4) is 6.07 Å². The first-order chi connectivity index (χ1) is 7.69. The fraction of sp³-hybridized carbons (Fsp3) is 0.167. The number of hydrogen-bond donors (Lipinski definition) is 2. The summed E-state index contributed by atoms with van der Waals surface area (Å²) in [6.45, 7) is 2.07. The van der Waals surface area contributed by atoms with Crippen LogP contribution in [0.15, 0.2) is 36.0 Å². The third-order valence-corrected chi connectivity index (χ3v) is 2.38. The summed E-state index contributed by atoms with van der Waals surface area (Å²) >= 11 is 4.74. The minimum Gasteiger partial charge on any atom is -0.389 e. The van der Waals surface area contributed by atoms with E-state index in [0.717, 1.165) is 12.1 Å². The van der Waals surface area contributed by atoms with Crippen LogP contribution in [0.4, 0.5) is 5.69 Å². The van der Waals surface area contributed by atoms with Gasteiger partial charge in [-0.15, -0.1) is 0 Å². The largest absolute Gasteiger partial charge is 0.389 e. The Bertz CT molecular complexity index is 458. The molecule has 0 aliphatic carbocycles. The second kappa shape index (κ2) is 5.89. The molecule has 0 radical (unpaired) electrons. The number of benzene rings is 1. The molecule has 0 aliphatic heterocycles. The summed E-state index contributed by atoms with van der Waals surface area (Å²) in [7, 11) is 0. The normalized spacial score (nSPS) is 10.6. The molecule has 0 saturated heterocycles. The average molecular weight is 231 g/mol. The maximum Gasteiger partial charge on any atom is 0.116 e. The molecule has 1 aromatic carbocycles. The van der Waals surface area contributed by atoms with Gasteiger partial charge >= 0.3 is 0 Å². The van der Waals surface area contributed by atoms with Gasteiger partial charge in [-0.1, -0.05) is 37.3 Å². The van der Waals surface area contributed by atoms with Crippen molar-refractivity contribution in [1.82, 2.24) is 0 Å². The number of nitrogens with one attached hydrogen (secondary N) is 1. The van der Waals surface area contributed by atoms with Crippen LogP contribution in [0.3, 0.4) is 0 Å². The van der Waals surface area contributed by atoms with Gasteiger partial charge in [0, 0.05) is 11.9 Å². The Hall–Kier alpha value is -1.86. The number of nitriles is 1. The highest BCUT2D eigenvalue weighted by atomic mass is 32.1. The summed E-state index contributed by atoms with van der Waals surface area (Å²) in [5.41, 5.74) is 7.81. The van der Waals surface area contributed by atoms with Gasteiger partial charge in [0.25, 0.3) is 0 Å². The number of nitrogens with two attached hydrogens (primary N) is 1. The number of nitrogens with zero attached hydrogens (tertiary/aromatic N) is 1. The smallest absolute Gasteiger partial charge is 0.116 e. The summed E-state index contributed by atoms with van der Waals surface area (Å²) in [4.78, 5) is 0.101. The standard InChI is InChI=1S/C12H13N3S/c1-2-9-5-3-4-6-11(9)15-8-10(7-13)12(14)16/h3-6,8,15H,2H2,1H3,(H2,14,16). The molecule has 3 nitrogen and oxygen atoms in total. The Balaban J connectivity index is 2.89. The maximum absolute atomic E-state index is 8.78. The van der Waals surface area contributed by atoms with Gasteiger partial charge in [0.15, 0.2) is 0 Å². The van der Waals surface area contributed by atoms with Crippen molar-refractivity contribution in [2.75, 3.05) is 5.32 Å². The molecule has 0 bridgehead atoms. The van der Waals surface area contributed by atoms with Crippen LogP contribution in [0.25, 0.3) is 0 Å². The van der Waals surface area contributed by atoms with E-state index in [1.165, 1.54) is 11.8 Å². The van der Waals surface area contributed by atoms with Crippen LogP contribution in [0.1, 0.15) is 12.5 Å². The first-order valence-corrected chi connectivity index (χ1v) is 5.34. The highest BCUT2D eigenvalue weighted by Gasteiger charge is 2.00. The van der Waals surface area contributed by atoms with Crippen LogP contribution in [0.2, 0.25) is 0 Å². The molecule has 0 atom stereocenters. The Kier molecular flexibility index (Phi) is 4.49. The number of para-hydroxylation sites is 1. The Labute approximate surface area is 101 Å². The van der Waals surface area contributed by atoms with E-state index in [-0.39, 0.29) is 10.6 Å². The number of thiocarbonyl (C=S) groups is 1. The first kappa shape index (κ1) is 12.2. The van der Waals surface area contributed by atoms with Crippen LogP contribution < -0.4 is 11.1 Å². The molecule has 1 aromatic rings. The molecule has 0 fully saturated rings. The van der Waals surface area contributed by atoms with E-state index in [9.17, 15) is 0 Å². The Morgan fingerprint density at radius 2 is 2.25 bits per heavy atom. The summed E-state index contributed by atoms with van der Waals surface area (Å²) in [5.74, 6) is 0. The van der Waals surface area contributed by atoms with Crippen molar-refractivity contribution in [3.63, 3.8) is 0 Å². The first-order valence-electron chi connectivity index (χ1n) is 4.93. The van der Waals surface area contributed by atoms with Gasteiger partial charge in [-0.05, 0) is 18.1 Å². The van der Waals surface area contributed by atoms with E-state index in [2.05, 4.69) is 12.2 Å². The average Bonchev–Trinajstić information content (AvgIpc) is 2.30. The van der Waals surface area contributed by atoms with Gasteiger partial charge in [0.05, 0.1) is 0 Å². The summed E-state index contributed by atoms with van der Waals surface area (Å²) < 4.78 is 0. The number of aryl methyl sites for hydroxylation is 1. The van der Waals surface area contributed by atoms with Gasteiger partial charge < -0.3 is 11.1 Å². The molecule has 0 heterocycles. The van der Waals surface area contributed by atoms with E-state index in [4.69, 9.17) is 23.2 Å². The van der Waals surface area contributed by atoms with E-state index < -0.39 is 0 Å². The number of rotatable bonds is 4. The summed E-state index contributed by atoms with van der Waals surface area (Å²) in [6.07, 6.45) is 2.46. The Morgan fingerprint density at radius 1 is 1.56 bits per heavy atom. The molecule has 82 valence electrons. The van der Waals surface area contributed by atoms with Crippen molar-refractivity contribution in [2.45, 2.75) is 13.3 Å². The third-order valence-electron chi connectivity index (χ3n) is 2.16. The van der Waals surface area contributed by atoms with Gasteiger partial charge in [0.1, 0.15) is 16.6 Å². The van der Waals surface area contributed by atoms with Gasteiger partial charge in [-0.2, -0.15) is 5.26 Å². The van der Waals surface area contributed by atoms with Gasteiger partial charge in [-0.25, -0.2) is 0 Å². The number of hydrogen-bond acceptors (Lipinski definition) is 3. The topological polar surface area (TPSA) is 61.8 Å². The minimum atomic E-state index is 0.101. The SMILES string of the molecule is CCc1ccccc1NC=C(C#N)C(N)=S. The highest BCUT2D eigenvalue weighted by molar-refractivity contribution is 7.80. The van der Waals surface area contributed by atoms with Gasteiger partial charge in [-0.3, -0.25) is 0 Å². The third kappa shape index (κ3) is 3.07. The van der Waals surface area contributed by atoms with E-state index in [1.54, 1.807) is 0 Å². The monoisotopic (exact) mass is 231 g/mol. The molecule has 0 aromatic heterocycles. The number of anilines is 1. The van der Waals surface area contributed by atoms with Crippen molar-refractivity contribution in [1.29, 1.82) is 5.26 Å². The maximum atomic E-state index is 8.78. The van der Waals surface area contributed by atoms with Crippen LogP contribution >= 0.6 is 12.2 Å². The van der Waals surface area contributed by atoms with Crippen LogP contribution in [0, 0.1) is 11.3 Å². The molecule has 0 spiro atoms. The highest BCUT2D eigenvalue weighted by Crippen LogP contribution is 2.15.